The molecular formula is C32H33F5N4O2. The van der Waals surface area contributed by atoms with Crippen molar-refractivity contribution in [2.24, 2.45) is 11.8 Å². The maximum absolute atomic E-state index is 15.8. The van der Waals surface area contributed by atoms with E-state index in [0.29, 0.717) is 29.0 Å². The number of methoxy groups -OCH3 is 1. The molecule has 0 bridgehead atoms. The topological polar surface area (TPSA) is 68.5 Å². The minimum atomic E-state index is -4.43. The van der Waals surface area contributed by atoms with Crippen molar-refractivity contribution in [3.8, 4) is 17.0 Å². The van der Waals surface area contributed by atoms with E-state index < -0.39 is 30.8 Å². The third kappa shape index (κ3) is 6.97. The number of aromatic nitrogens is 3. The highest BCUT2D eigenvalue weighted by atomic mass is 19.4. The average Bonchev–Trinajstić information content (AvgIpc) is 3.66. The molecule has 11 heteroatoms. The monoisotopic (exact) mass is 600 g/mol. The predicted molar refractivity (Wildman–Crippen MR) is 154 cm³/mol. The van der Waals surface area contributed by atoms with Crippen molar-refractivity contribution >= 4 is 17.1 Å². The number of hydrogen-bond acceptors (Lipinski definition) is 5. The molecule has 1 fully saturated rings. The second kappa shape index (κ2) is 11.9. The first-order chi connectivity index (χ1) is 20.4. The lowest BCUT2D eigenvalue weighted by Gasteiger charge is -2.19. The quantitative estimate of drug-likeness (QED) is 0.131. The van der Waals surface area contributed by atoms with Crippen molar-refractivity contribution in [3.63, 3.8) is 0 Å². The van der Waals surface area contributed by atoms with Crippen molar-refractivity contribution in [2.75, 3.05) is 19.0 Å². The van der Waals surface area contributed by atoms with Gasteiger partial charge in [0.05, 0.1) is 31.1 Å². The van der Waals surface area contributed by atoms with Crippen LogP contribution >= 0.6 is 0 Å². The van der Waals surface area contributed by atoms with Gasteiger partial charge in [0.2, 0.25) is 0 Å². The summed E-state index contributed by atoms with van der Waals surface area (Å²) in [5, 5.41) is 6.84. The fourth-order valence-electron chi connectivity index (χ4n) is 5.30. The molecule has 0 spiro atoms. The maximum Gasteiger partial charge on any atom is 0.390 e. The maximum atomic E-state index is 15.8. The lowest BCUT2D eigenvalue weighted by atomic mass is 9.92. The highest BCUT2D eigenvalue weighted by Crippen LogP contribution is 2.38. The molecule has 1 aliphatic rings. The standard InChI is InChI=1S/C32H33F5N4O2/c1-19(14-21-4-5-21)15-28(42)25-11-6-22(16-20(25)2)27-18-39-30-26(38-13-12-31(33,34)35)17-29(40-41(27)30)32(36,37)23-7-9-24(43-3)10-8-23/h6-11,16-19,21,38H,4-5,12-15H2,1-3H3. The number of Topliss-reactive ketones (excluding diaryl/α,β-unsaturated/α-hetero) is 1. The summed E-state index contributed by atoms with van der Waals surface area (Å²) in [6.45, 7) is 3.37. The summed E-state index contributed by atoms with van der Waals surface area (Å²) in [5.41, 5.74) is 1.29. The van der Waals surface area contributed by atoms with Crippen LogP contribution in [-0.4, -0.2) is 40.2 Å². The van der Waals surface area contributed by atoms with Gasteiger partial charge in [-0.05, 0) is 67.1 Å². The molecule has 1 saturated carbocycles. The van der Waals surface area contributed by atoms with Gasteiger partial charge < -0.3 is 10.1 Å². The Bertz CT molecular complexity index is 1610. The van der Waals surface area contributed by atoms with Crippen LogP contribution in [0.1, 0.15) is 66.2 Å². The molecule has 228 valence electrons. The van der Waals surface area contributed by atoms with E-state index in [0.717, 1.165) is 24.0 Å². The summed E-state index contributed by atoms with van der Waals surface area (Å²) in [6, 6.07) is 11.4. The van der Waals surface area contributed by atoms with Gasteiger partial charge >= 0.3 is 12.1 Å². The van der Waals surface area contributed by atoms with Gasteiger partial charge in [-0.2, -0.15) is 27.1 Å². The normalized spacial score (nSPS) is 14.6. The largest absolute Gasteiger partial charge is 0.497 e. The first-order valence-corrected chi connectivity index (χ1v) is 14.2. The zero-order valence-corrected chi connectivity index (χ0v) is 24.1. The predicted octanol–water partition coefficient (Wildman–Crippen LogP) is 8.23. The number of carbonyl (C=O) groups excluding carboxylic acids is 1. The number of nitrogens with one attached hydrogen (secondary N) is 1. The number of benzene rings is 2. The molecular weight excluding hydrogens is 567 g/mol. The van der Waals surface area contributed by atoms with Gasteiger partial charge in [-0.3, -0.25) is 4.79 Å². The van der Waals surface area contributed by atoms with Gasteiger partial charge in [-0.25, -0.2) is 9.50 Å². The van der Waals surface area contributed by atoms with Crippen LogP contribution < -0.4 is 10.1 Å². The number of carbonyl (C=O) groups is 1. The molecule has 0 amide bonds. The Hall–Kier alpha value is -4.02. The van der Waals surface area contributed by atoms with Gasteiger partial charge in [0.15, 0.2) is 11.4 Å². The molecule has 2 heterocycles. The van der Waals surface area contributed by atoms with Crippen LogP contribution in [0.5, 0.6) is 5.75 Å². The Morgan fingerprint density at radius 2 is 1.81 bits per heavy atom. The summed E-state index contributed by atoms with van der Waals surface area (Å²) < 4.78 is 76.5. The van der Waals surface area contributed by atoms with Gasteiger partial charge in [0.1, 0.15) is 11.4 Å². The van der Waals surface area contributed by atoms with E-state index in [1.165, 1.54) is 54.9 Å². The smallest absolute Gasteiger partial charge is 0.390 e. The molecule has 4 aromatic rings. The fraction of sp³-hybridized carbons (Fsp3) is 0.406. The number of rotatable bonds is 12. The molecule has 0 aliphatic heterocycles. The number of imidazole rings is 1. The number of anilines is 1. The first-order valence-electron chi connectivity index (χ1n) is 14.2. The van der Waals surface area contributed by atoms with Crippen LogP contribution in [0.3, 0.4) is 0 Å². The van der Waals surface area contributed by atoms with Gasteiger partial charge in [0.25, 0.3) is 0 Å². The van der Waals surface area contributed by atoms with Crippen molar-refractivity contribution < 1.29 is 31.5 Å². The van der Waals surface area contributed by atoms with Crippen molar-refractivity contribution in [3.05, 3.63) is 77.1 Å². The molecule has 1 unspecified atom stereocenters. The van der Waals surface area contributed by atoms with Gasteiger partial charge in [0, 0.05) is 29.7 Å². The lowest BCUT2D eigenvalue weighted by Crippen LogP contribution is -2.20. The molecule has 6 nitrogen and oxygen atoms in total. The Morgan fingerprint density at radius 1 is 1.09 bits per heavy atom. The molecule has 0 radical (unpaired) electrons. The summed E-state index contributed by atoms with van der Waals surface area (Å²) in [5.74, 6) is -2.14. The van der Waals surface area contributed by atoms with E-state index in [1.54, 1.807) is 18.2 Å². The third-order valence-electron chi connectivity index (χ3n) is 7.75. The van der Waals surface area contributed by atoms with E-state index in [1.807, 2.05) is 6.92 Å². The highest BCUT2D eigenvalue weighted by Gasteiger charge is 2.37. The van der Waals surface area contributed by atoms with E-state index >= 15 is 8.78 Å². The van der Waals surface area contributed by atoms with Crippen LogP contribution in [0.25, 0.3) is 16.9 Å². The van der Waals surface area contributed by atoms with Crippen molar-refractivity contribution in [1.82, 2.24) is 14.6 Å². The Kier molecular flexibility index (Phi) is 8.45. The van der Waals surface area contributed by atoms with E-state index in [9.17, 15) is 18.0 Å². The zero-order valence-electron chi connectivity index (χ0n) is 24.1. The number of aryl methyl sites for hydroxylation is 1. The van der Waals surface area contributed by atoms with Gasteiger partial charge in [-0.15, -0.1) is 0 Å². The van der Waals surface area contributed by atoms with Crippen molar-refractivity contribution in [2.45, 2.75) is 58.1 Å². The molecule has 5 rings (SSSR count). The van der Waals surface area contributed by atoms with Crippen LogP contribution in [0.2, 0.25) is 0 Å². The molecule has 1 aliphatic carbocycles. The second-order valence-corrected chi connectivity index (χ2v) is 11.4. The van der Waals surface area contributed by atoms with Crippen LogP contribution in [-0.2, 0) is 5.92 Å². The molecule has 43 heavy (non-hydrogen) atoms. The van der Waals surface area contributed by atoms with Crippen LogP contribution in [0.15, 0.2) is 54.7 Å². The van der Waals surface area contributed by atoms with E-state index in [-0.39, 0.29) is 28.6 Å². The lowest BCUT2D eigenvalue weighted by molar-refractivity contribution is -0.131. The molecule has 1 atom stereocenters. The van der Waals surface area contributed by atoms with Gasteiger partial charge in [-0.1, -0.05) is 31.9 Å². The number of ketones is 1. The van der Waals surface area contributed by atoms with Crippen molar-refractivity contribution in [1.29, 1.82) is 0 Å². The summed E-state index contributed by atoms with van der Waals surface area (Å²) >= 11 is 0. The Balaban J connectivity index is 1.51. The SMILES string of the molecule is COc1ccc(C(F)(F)c2cc(NCCC(F)(F)F)c3ncc(-c4ccc(C(=O)CC(C)CC5CC5)c(C)c4)n3n2)cc1. The fourth-order valence-corrected chi connectivity index (χ4v) is 5.30. The number of fused-ring (bicyclic) bond motifs is 1. The van der Waals surface area contributed by atoms with E-state index in [4.69, 9.17) is 4.74 Å². The zero-order chi connectivity index (χ0) is 30.9. The number of nitrogens with zero attached hydrogens (tertiary/aromatic N) is 3. The average molecular weight is 601 g/mol. The summed E-state index contributed by atoms with van der Waals surface area (Å²) in [7, 11) is 1.42. The van der Waals surface area contributed by atoms with E-state index in [2.05, 4.69) is 22.3 Å². The minimum Gasteiger partial charge on any atom is -0.497 e. The number of ether oxygens (including phenoxy) is 1. The second-order valence-electron chi connectivity index (χ2n) is 11.4. The number of alkyl halides is 5. The molecule has 2 aromatic heterocycles. The van der Waals surface area contributed by atoms with Crippen LogP contribution in [0.4, 0.5) is 27.6 Å². The summed E-state index contributed by atoms with van der Waals surface area (Å²) in [6.07, 6.45) is -0.212. The van der Waals surface area contributed by atoms with Crippen LogP contribution in [0, 0.1) is 18.8 Å². The first kappa shape index (κ1) is 30.4. The Morgan fingerprint density at radius 3 is 2.44 bits per heavy atom. The Labute approximate surface area is 246 Å². The molecule has 0 saturated heterocycles. The number of halogens is 5. The summed E-state index contributed by atoms with van der Waals surface area (Å²) in [4.78, 5) is 17.3. The highest BCUT2D eigenvalue weighted by molar-refractivity contribution is 5.98. The third-order valence-corrected chi connectivity index (χ3v) is 7.75. The molecule has 1 N–H and O–H groups in total. The number of hydrogen-bond donors (Lipinski definition) is 1. The minimum absolute atomic E-state index is 0.0122. The molecule has 2 aromatic carbocycles.